The zero-order valence-electron chi connectivity index (χ0n) is 15.0. The molecule has 0 aliphatic carbocycles. The maximum absolute atomic E-state index is 12.6. The van der Waals surface area contributed by atoms with Crippen molar-refractivity contribution in [3.05, 3.63) is 92.8 Å². The second-order valence-corrected chi connectivity index (χ2v) is 6.56. The van der Waals surface area contributed by atoms with Crippen LogP contribution in [0.3, 0.4) is 0 Å². The second-order valence-electron chi connectivity index (χ2n) is 6.56. The van der Waals surface area contributed by atoms with E-state index in [4.69, 9.17) is 0 Å². The molecule has 2 N–H and O–H groups in total. The summed E-state index contributed by atoms with van der Waals surface area (Å²) in [7, 11) is 0. The second kappa shape index (κ2) is 6.42. The number of pyridine rings is 1. The molecule has 0 fully saturated rings. The molecule has 1 aliphatic heterocycles. The Morgan fingerprint density at radius 2 is 1.83 bits per heavy atom. The highest BCUT2D eigenvalue weighted by atomic mass is 16.3. The molecule has 1 aliphatic rings. The van der Waals surface area contributed by atoms with Gasteiger partial charge in [0.1, 0.15) is 5.56 Å². The molecule has 140 valence electrons. The van der Waals surface area contributed by atoms with E-state index in [-0.39, 0.29) is 5.56 Å². The highest BCUT2D eigenvalue weighted by molar-refractivity contribution is 6.21. The molecule has 0 saturated carbocycles. The third kappa shape index (κ3) is 2.68. The van der Waals surface area contributed by atoms with Gasteiger partial charge in [0.05, 0.1) is 16.9 Å². The minimum atomic E-state index is -0.742. The van der Waals surface area contributed by atoms with E-state index in [1.54, 1.807) is 30.6 Å². The standard InChI is InChI=1S/C22H14N4O3/c27-20-16(11-14-12-24-17-8-2-1-7-15(14)17)21(28)26(22(29)25-20)18-9-3-5-13-6-4-10-23-19(13)18/h1-12,28H,(H,25,27,29). The topological polar surface area (TPSA) is 100 Å². The molecule has 0 amide bonds. The molecule has 0 radical (unpaired) electrons. The Balaban J connectivity index is 1.77. The van der Waals surface area contributed by atoms with Crippen molar-refractivity contribution in [3.8, 4) is 11.6 Å². The summed E-state index contributed by atoms with van der Waals surface area (Å²) < 4.78 is 1.06. The van der Waals surface area contributed by atoms with Gasteiger partial charge in [-0.2, -0.15) is 0 Å². The van der Waals surface area contributed by atoms with Crippen LogP contribution < -0.4 is 11.2 Å². The molecule has 2 aromatic heterocycles. The first kappa shape index (κ1) is 16.9. The number of H-pyrrole nitrogens is 1. The fourth-order valence-electron chi connectivity index (χ4n) is 3.47. The Morgan fingerprint density at radius 1 is 1.00 bits per heavy atom. The van der Waals surface area contributed by atoms with Gasteiger partial charge in [0.15, 0.2) is 0 Å². The number of fused-ring (bicyclic) bond motifs is 2. The van der Waals surface area contributed by atoms with Crippen molar-refractivity contribution in [3.63, 3.8) is 0 Å². The molecule has 4 aromatic rings. The number of hydrogen-bond donors (Lipinski definition) is 2. The van der Waals surface area contributed by atoms with Crippen LogP contribution in [0.15, 0.2) is 75.4 Å². The number of aromatic amines is 1. The van der Waals surface area contributed by atoms with Crippen molar-refractivity contribution in [1.29, 1.82) is 0 Å². The Bertz CT molecular complexity index is 1460. The van der Waals surface area contributed by atoms with Gasteiger partial charge in [-0.3, -0.25) is 19.8 Å². The number of nitrogens with one attached hydrogen (secondary N) is 1. The zero-order valence-corrected chi connectivity index (χ0v) is 15.0. The van der Waals surface area contributed by atoms with Crippen LogP contribution in [0.4, 0.5) is 5.69 Å². The lowest BCUT2D eigenvalue weighted by atomic mass is 10.1. The van der Waals surface area contributed by atoms with Gasteiger partial charge in [0, 0.05) is 28.9 Å². The fraction of sp³-hybridized carbons (Fsp3) is 0. The van der Waals surface area contributed by atoms with E-state index in [1.807, 2.05) is 36.4 Å². The number of para-hydroxylation sites is 2. The van der Waals surface area contributed by atoms with Crippen LogP contribution in [0, 0.1) is 0 Å². The van der Waals surface area contributed by atoms with Crippen LogP contribution in [0.5, 0.6) is 5.88 Å². The summed E-state index contributed by atoms with van der Waals surface area (Å²) in [6.07, 6.45) is 4.75. The van der Waals surface area contributed by atoms with E-state index in [0.717, 1.165) is 21.2 Å². The Labute approximate surface area is 164 Å². The molecule has 5 rings (SSSR count). The van der Waals surface area contributed by atoms with E-state index in [2.05, 4.69) is 15.0 Å². The van der Waals surface area contributed by atoms with Crippen molar-refractivity contribution in [2.24, 2.45) is 4.99 Å². The monoisotopic (exact) mass is 382 g/mol. The molecule has 7 nitrogen and oxygen atoms in total. The van der Waals surface area contributed by atoms with Crippen LogP contribution in [0.25, 0.3) is 28.2 Å². The third-order valence-electron chi connectivity index (χ3n) is 4.83. The predicted molar refractivity (Wildman–Crippen MR) is 112 cm³/mol. The molecule has 7 heteroatoms. The highest BCUT2D eigenvalue weighted by Crippen LogP contribution is 2.33. The van der Waals surface area contributed by atoms with Crippen LogP contribution in [-0.4, -0.2) is 25.9 Å². The maximum atomic E-state index is 12.6. The maximum Gasteiger partial charge on any atom is 0.335 e. The van der Waals surface area contributed by atoms with Gasteiger partial charge in [-0.05, 0) is 24.3 Å². The van der Waals surface area contributed by atoms with Gasteiger partial charge in [0.25, 0.3) is 5.56 Å². The lowest BCUT2D eigenvalue weighted by molar-refractivity contribution is 0.430. The first-order chi connectivity index (χ1) is 14.1. The zero-order chi connectivity index (χ0) is 20.0. The molecule has 3 heterocycles. The summed E-state index contributed by atoms with van der Waals surface area (Å²) in [6, 6.07) is 16.4. The number of hydrogen-bond acceptors (Lipinski definition) is 5. The number of rotatable bonds is 2. The Hall–Kier alpha value is -4.26. The molecule has 0 atom stereocenters. The average Bonchev–Trinajstić information content (AvgIpc) is 3.14. The minimum Gasteiger partial charge on any atom is -0.494 e. The summed E-state index contributed by atoms with van der Waals surface area (Å²) in [5.74, 6) is -0.456. The Morgan fingerprint density at radius 3 is 2.72 bits per heavy atom. The lowest BCUT2D eigenvalue weighted by Crippen LogP contribution is -2.30. The Kier molecular flexibility index (Phi) is 3.74. The number of nitrogens with zero attached hydrogens (tertiary/aromatic N) is 3. The number of aromatic nitrogens is 3. The number of aliphatic imine (C=N–C) groups is 1. The molecule has 2 aromatic carbocycles. The summed E-state index contributed by atoms with van der Waals surface area (Å²) in [5.41, 5.74) is 1.75. The van der Waals surface area contributed by atoms with Gasteiger partial charge in [-0.1, -0.05) is 36.4 Å². The quantitative estimate of drug-likeness (QED) is 0.556. The molecular formula is C22H14N4O3. The third-order valence-corrected chi connectivity index (χ3v) is 4.83. The number of benzene rings is 2. The van der Waals surface area contributed by atoms with Gasteiger partial charge in [0.2, 0.25) is 5.88 Å². The van der Waals surface area contributed by atoms with Crippen molar-refractivity contribution in [1.82, 2.24) is 14.5 Å². The van der Waals surface area contributed by atoms with E-state index < -0.39 is 17.1 Å². The predicted octanol–water partition coefficient (Wildman–Crippen LogP) is 3.04. The van der Waals surface area contributed by atoms with Crippen LogP contribution in [-0.2, 0) is 0 Å². The minimum absolute atomic E-state index is 0.0318. The summed E-state index contributed by atoms with van der Waals surface area (Å²) in [5, 5.41) is 11.7. The van der Waals surface area contributed by atoms with Gasteiger partial charge in [-0.15, -0.1) is 0 Å². The molecule has 29 heavy (non-hydrogen) atoms. The number of allylic oxidation sites excluding steroid dienone is 1. The summed E-state index contributed by atoms with van der Waals surface area (Å²) in [4.78, 5) is 36.0. The van der Waals surface area contributed by atoms with Crippen LogP contribution in [0.2, 0.25) is 0 Å². The molecule has 0 spiro atoms. The SMILES string of the molecule is O=c1[nH]c(=O)n(-c2cccc3cccnc23)c(O)c1C=C1C=Nc2ccccc21. The normalized spacial score (nSPS) is 13.9. The molecular weight excluding hydrogens is 368 g/mol. The first-order valence-corrected chi connectivity index (χ1v) is 8.91. The summed E-state index contributed by atoms with van der Waals surface area (Å²) in [6.45, 7) is 0. The van der Waals surface area contributed by atoms with E-state index >= 15 is 0 Å². The molecule has 0 bridgehead atoms. The molecule has 0 saturated heterocycles. The number of aromatic hydroxyl groups is 1. The smallest absolute Gasteiger partial charge is 0.335 e. The van der Waals surface area contributed by atoms with E-state index in [1.165, 1.54) is 6.08 Å². The van der Waals surface area contributed by atoms with Crippen molar-refractivity contribution < 1.29 is 5.11 Å². The van der Waals surface area contributed by atoms with Crippen LogP contribution in [0.1, 0.15) is 11.1 Å². The van der Waals surface area contributed by atoms with E-state index in [9.17, 15) is 14.7 Å². The average molecular weight is 382 g/mol. The van der Waals surface area contributed by atoms with Crippen LogP contribution >= 0.6 is 0 Å². The highest BCUT2D eigenvalue weighted by Gasteiger charge is 2.18. The van der Waals surface area contributed by atoms with Gasteiger partial charge in [-0.25, -0.2) is 9.36 Å². The van der Waals surface area contributed by atoms with Crippen molar-refractivity contribution in [2.75, 3.05) is 0 Å². The van der Waals surface area contributed by atoms with E-state index in [0.29, 0.717) is 16.8 Å². The van der Waals surface area contributed by atoms with Gasteiger partial charge >= 0.3 is 5.69 Å². The fourth-order valence-corrected chi connectivity index (χ4v) is 3.47. The summed E-state index contributed by atoms with van der Waals surface area (Å²) >= 11 is 0. The molecule has 0 unspecified atom stereocenters. The first-order valence-electron chi connectivity index (χ1n) is 8.91. The van der Waals surface area contributed by atoms with Gasteiger partial charge < -0.3 is 5.11 Å². The largest absolute Gasteiger partial charge is 0.494 e. The lowest BCUT2D eigenvalue weighted by Gasteiger charge is -2.12. The van der Waals surface area contributed by atoms with Crippen molar-refractivity contribution in [2.45, 2.75) is 0 Å². The van der Waals surface area contributed by atoms with Crippen molar-refractivity contribution >= 4 is 34.5 Å².